The van der Waals surface area contributed by atoms with E-state index in [-0.39, 0.29) is 5.41 Å². The summed E-state index contributed by atoms with van der Waals surface area (Å²) in [6, 6.07) is 0.539. The predicted molar refractivity (Wildman–Crippen MR) is 76.3 cm³/mol. The van der Waals surface area contributed by atoms with Gasteiger partial charge in [0.2, 0.25) is 0 Å². The summed E-state index contributed by atoms with van der Waals surface area (Å²) in [5.41, 5.74) is 0.866. The molecule has 0 amide bonds. The zero-order valence-corrected chi connectivity index (χ0v) is 12.6. The van der Waals surface area contributed by atoms with E-state index in [4.69, 9.17) is 11.6 Å². The minimum Gasteiger partial charge on any atom is -0.367 e. The molecule has 100 valence electrons. The van der Waals surface area contributed by atoms with E-state index in [1.54, 1.807) is 0 Å². The van der Waals surface area contributed by atoms with E-state index in [0.717, 1.165) is 23.1 Å². The van der Waals surface area contributed by atoms with Crippen LogP contribution in [0.2, 0.25) is 5.15 Å². The monoisotopic (exact) mass is 267 g/mol. The maximum Gasteiger partial charge on any atom is 0.137 e. The molecule has 1 heterocycles. The smallest absolute Gasteiger partial charge is 0.137 e. The maximum absolute atomic E-state index is 6.21. The summed E-state index contributed by atoms with van der Waals surface area (Å²) in [5, 5.41) is 4.05. The molecule has 3 nitrogen and oxygen atoms in total. The number of nitrogens with zero attached hydrogens (tertiary/aromatic N) is 2. The van der Waals surface area contributed by atoms with Crippen molar-refractivity contribution in [1.82, 2.24) is 9.97 Å². The molecule has 0 aliphatic heterocycles. The molecule has 0 atom stereocenters. The molecule has 0 spiro atoms. The quantitative estimate of drug-likeness (QED) is 0.825. The lowest BCUT2D eigenvalue weighted by atomic mass is 9.82. The molecule has 0 saturated heterocycles. The molecule has 18 heavy (non-hydrogen) atoms. The lowest BCUT2D eigenvalue weighted by Crippen LogP contribution is -2.34. The van der Waals surface area contributed by atoms with Crippen molar-refractivity contribution in [1.29, 1.82) is 0 Å². The molecular formula is C14H22ClN3. The molecule has 1 fully saturated rings. The molecular weight excluding hydrogens is 246 g/mol. The third-order valence-electron chi connectivity index (χ3n) is 3.47. The minimum atomic E-state index is -0.0827. The molecule has 1 aromatic heterocycles. The van der Waals surface area contributed by atoms with Crippen molar-refractivity contribution in [2.75, 3.05) is 5.32 Å². The third kappa shape index (κ3) is 2.77. The number of rotatable bonds is 2. The molecule has 0 aromatic carbocycles. The van der Waals surface area contributed by atoms with Crippen LogP contribution in [0.3, 0.4) is 0 Å². The van der Waals surface area contributed by atoms with Gasteiger partial charge in [0.25, 0.3) is 0 Å². The third-order valence-corrected chi connectivity index (χ3v) is 3.84. The summed E-state index contributed by atoms with van der Waals surface area (Å²) in [4.78, 5) is 9.03. The normalized spacial score (nSPS) is 23.7. The van der Waals surface area contributed by atoms with Crippen LogP contribution in [-0.2, 0) is 5.41 Å². The van der Waals surface area contributed by atoms with E-state index >= 15 is 0 Å². The van der Waals surface area contributed by atoms with Gasteiger partial charge in [-0.25, -0.2) is 9.97 Å². The van der Waals surface area contributed by atoms with Crippen LogP contribution < -0.4 is 5.32 Å². The van der Waals surface area contributed by atoms with Gasteiger partial charge in [0, 0.05) is 17.0 Å². The Morgan fingerprint density at radius 3 is 2.33 bits per heavy atom. The van der Waals surface area contributed by atoms with Crippen molar-refractivity contribution in [3.63, 3.8) is 0 Å². The Hall–Kier alpha value is -0.830. The van der Waals surface area contributed by atoms with Crippen molar-refractivity contribution in [2.45, 2.75) is 58.9 Å². The average Bonchev–Trinajstić information content (AvgIpc) is 2.20. The molecule has 1 aliphatic carbocycles. The highest BCUT2D eigenvalue weighted by Gasteiger charge is 2.27. The van der Waals surface area contributed by atoms with E-state index in [2.05, 4.69) is 43.0 Å². The van der Waals surface area contributed by atoms with Gasteiger partial charge in [-0.05, 0) is 25.7 Å². The van der Waals surface area contributed by atoms with E-state index in [1.807, 2.05) is 6.92 Å². The molecule has 1 N–H and O–H groups in total. The highest BCUT2D eigenvalue weighted by Crippen LogP contribution is 2.32. The summed E-state index contributed by atoms with van der Waals surface area (Å²) >= 11 is 6.21. The van der Waals surface area contributed by atoms with Crippen LogP contribution in [0.1, 0.15) is 51.9 Å². The topological polar surface area (TPSA) is 37.8 Å². The van der Waals surface area contributed by atoms with Crippen molar-refractivity contribution in [3.8, 4) is 0 Å². The van der Waals surface area contributed by atoms with Gasteiger partial charge in [-0.1, -0.05) is 39.3 Å². The Bertz CT molecular complexity index is 445. The maximum atomic E-state index is 6.21. The second kappa shape index (κ2) is 4.69. The second-order valence-corrected chi connectivity index (χ2v) is 6.84. The number of hydrogen-bond acceptors (Lipinski definition) is 3. The number of anilines is 1. The first-order valence-corrected chi connectivity index (χ1v) is 6.96. The lowest BCUT2D eigenvalue weighted by Gasteiger charge is -2.34. The van der Waals surface area contributed by atoms with E-state index < -0.39 is 0 Å². The summed E-state index contributed by atoms with van der Waals surface area (Å²) in [6.45, 7) is 10.5. The molecule has 0 bridgehead atoms. The van der Waals surface area contributed by atoms with Gasteiger partial charge < -0.3 is 5.32 Å². The highest BCUT2D eigenvalue weighted by molar-refractivity contribution is 6.30. The summed E-state index contributed by atoms with van der Waals surface area (Å²) < 4.78 is 0. The van der Waals surface area contributed by atoms with Crippen molar-refractivity contribution < 1.29 is 0 Å². The van der Waals surface area contributed by atoms with Crippen LogP contribution in [0.15, 0.2) is 0 Å². The molecule has 1 aliphatic rings. The minimum absolute atomic E-state index is 0.0827. The largest absolute Gasteiger partial charge is 0.367 e. The summed E-state index contributed by atoms with van der Waals surface area (Å²) in [6.07, 6.45) is 2.43. The molecule has 1 aromatic rings. The van der Waals surface area contributed by atoms with Crippen LogP contribution >= 0.6 is 11.6 Å². The fraction of sp³-hybridized carbons (Fsp3) is 0.714. The Morgan fingerprint density at radius 1 is 1.22 bits per heavy atom. The Labute approximate surface area is 114 Å². The Kier molecular flexibility index (Phi) is 3.54. The Balaban J connectivity index is 2.25. The van der Waals surface area contributed by atoms with Gasteiger partial charge in [0.1, 0.15) is 16.8 Å². The van der Waals surface area contributed by atoms with Gasteiger partial charge in [-0.3, -0.25) is 0 Å². The summed E-state index contributed by atoms with van der Waals surface area (Å²) in [7, 11) is 0. The predicted octanol–water partition coefficient (Wildman–Crippen LogP) is 3.95. The van der Waals surface area contributed by atoms with Crippen LogP contribution in [-0.4, -0.2) is 16.0 Å². The lowest BCUT2D eigenvalue weighted by molar-refractivity contribution is 0.308. The SMILES string of the molecule is Cc1c(Cl)nc(C(C)(C)C)nc1NC1CC(C)C1. The summed E-state index contributed by atoms with van der Waals surface area (Å²) in [5.74, 6) is 2.52. The molecule has 1 saturated carbocycles. The van der Waals surface area contributed by atoms with Crippen molar-refractivity contribution >= 4 is 17.4 Å². The highest BCUT2D eigenvalue weighted by atomic mass is 35.5. The van der Waals surface area contributed by atoms with Gasteiger partial charge in [0.05, 0.1) is 0 Å². The Morgan fingerprint density at radius 2 is 1.83 bits per heavy atom. The van der Waals surface area contributed by atoms with Crippen LogP contribution in [0.5, 0.6) is 0 Å². The fourth-order valence-electron chi connectivity index (χ4n) is 2.18. The first kappa shape index (κ1) is 13.6. The second-order valence-electron chi connectivity index (χ2n) is 6.48. The van der Waals surface area contributed by atoms with Gasteiger partial charge >= 0.3 is 0 Å². The van der Waals surface area contributed by atoms with Crippen molar-refractivity contribution in [3.05, 3.63) is 16.5 Å². The van der Waals surface area contributed by atoms with Gasteiger partial charge in [0.15, 0.2) is 0 Å². The first-order chi connectivity index (χ1) is 8.27. The number of halogens is 1. The van der Waals surface area contributed by atoms with Crippen LogP contribution in [0.4, 0.5) is 5.82 Å². The van der Waals surface area contributed by atoms with E-state index in [0.29, 0.717) is 11.2 Å². The molecule has 0 radical (unpaired) electrons. The van der Waals surface area contributed by atoms with Gasteiger partial charge in [-0.2, -0.15) is 0 Å². The van der Waals surface area contributed by atoms with E-state index in [1.165, 1.54) is 12.8 Å². The number of hydrogen-bond donors (Lipinski definition) is 1. The molecule has 2 rings (SSSR count). The zero-order chi connectivity index (χ0) is 13.5. The standard InChI is InChI=1S/C14H22ClN3/c1-8-6-10(7-8)16-12-9(2)11(15)17-13(18-12)14(3,4)5/h8,10H,6-7H2,1-5H3,(H,16,17,18). The first-order valence-electron chi connectivity index (χ1n) is 6.58. The number of aromatic nitrogens is 2. The van der Waals surface area contributed by atoms with Crippen LogP contribution in [0, 0.1) is 12.8 Å². The zero-order valence-electron chi connectivity index (χ0n) is 11.8. The molecule has 0 unspecified atom stereocenters. The average molecular weight is 268 g/mol. The van der Waals surface area contributed by atoms with Crippen molar-refractivity contribution in [2.24, 2.45) is 5.92 Å². The number of nitrogens with one attached hydrogen (secondary N) is 1. The van der Waals surface area contributed by atoms with Gasteiger partial charge in [-0.15, -0.1) is 0 Å². The molecule has 4 heteroatoms. The fourth-order valence-corrected chi connectivity index (χ4v) is 2.35. The van der Waals surface area contributed by atoms with E-state index in [9.17, 15) is 0 Å². The van der Waals surface area contributed by atoms with Crippen LogP contribution in [0.25, 0.3) is 0 Å².